The molecule has 1 aromatic heterocycles. The highest BCUT2D eigenvalue weighted by molar-refractivity contribution is 5.17. The third-order valence-corrected chi connectivity index (χ3v) is 2.39. The highest BCUT2D eigenvalue weighted by Crippen LogP contribution is 2.19. The predicted octanol–water partition coefficient (Wildman–Crippen LogP) is 3.00. The molecule has 0 fully saturated rings. The Morgan fingerprint density at radius 2 is 2.21 bits per heavy atom. The van der Waals surface area contributed by atoms with Crippen LogP contribution >= 0.6 is 0 Å². The SMILES string of the molecule is CCCCCC(O)c1ccnc(C)c1. The molecule has 0 aliphatic rings. The van der Waals surface area contributed by atoms with E-state index in [1.807, 2.05) is 19.1 Å². The Kier molecular flexibility index (Phi) is 4.60. The first-order valence-corrected chi connectivity index (χ1v) is 5.34. The number of nitrogens with zero attached hydrogens (tertiary/aromatic N) is 1. The molecule has 78 valence electrons. The van der Waals surface area contributed by atoms with Crippen LogP contribution in [0.15, 0.2) is 18.3 Å². The van der Waals surface area contributed by atoms with Crippen molar-refractivity contribution in [3.63, 3.8) is 0 Å². The minimum absolute atomic E-state index is 0.316. The van der Waals surface area contributed by atoms with Crippen molar-refractivity contribution in [2.24, 2.45) is 0 Å². The second-order valence-electron chi connectivity index (χ2n) is 3.74. The summed E-state index contributed by atoms with van der Waals surface area (Å²) in [7, 11) is 0. The van der Waals surface area contributed by atoms with Crippen molar-refractivity contribution in [2.45, 2.75) is 45.6 Å². The first-order valence-electron chi connectivity index (χ1n) is 5.34. The Balaban J connectivity index is 2.47. The molecular formula is C12H19NO. The fourth-order valence-electron chi connectivity index (χ4n) is 1.53. The van der Waals surface area contributed by atoms with Gasteiger partial charge in [-0.25, -0.2) is 0 Å². The normalized spacial score (nSPS) is 12.8. The molecule has 14 heavy (non-hydrogen) atoms. The van der Waals surface area contributed by atoms with Gasteiger partial charge in [-0.05, 0) is 31.0 Å². The Morgan fingerprint density at radius 3 is 2.86 bits per heavy atom. The highest BCUT2D eigenvalue weighted by atomic mass is 16.3. The zero-order chi connectivity index (χ0) is 10.4. The van der Waals surface area contributed by atoms with Crippen LogP contribution in [0.3, 0.4) is 0 Å². The van der Waals surface area contributed by atoms with E-state index in [2.05, 4.69) is 11.9 Å². The molecule has 0 aliphatic carbocycles. The van der Waals surface area contributed by atoms with Gasteiger partial charge in [0.15, 0.2) is 0 Å². The van der Waals surface area contributed by atoms with Gasteiger partial charge in [0.1, 0.15) is 0 Å². The Hall–Kier alpha value is -0.890. The second kappa shape index (κ2) is 5.76. The molecule has 0 saturated carbocycles. The molecule has 0 saturated heterocycles. The molecule has 0 radical (unpaired) electrons. The van der Waals surface area contributed by atoms with Crippen molar-refractivity contribution in [2.75, 3.05) is 0 Å². The first-order chi connectivity index (χ1) is 6.74. The Morgan fingerprint density at radius 1 is 1.43 bits per heavy atom. The van der Waals surface area contributed by atoms with Crippen molar-refractivity contribution in [1.29, 1.82) is 0 Å². The molecule has 2 nitrogen and oxygen atoms in total. The monoisotopic (exact) mass is 193 g/mol. The van der Waals surface area contributed by atoms with Gasteiger partial charge in [0.05, 0.1) is 6.10 Å². The van der Waals surface area contributed by atoms with Crippen LogP contribution in [0.1, 0.15) is 50.0 Å². The van der Waals surface area contributed by atoms with E-state index in [9.17, 15) is 5.11 Å². The molecule has 0 spiro atoms. The van der Waals surface area contributed by atoms with E-state index in [0.29, 0.717) is 0 Å². The number of pyridine rings is 1. The van der Waals surface area contributed by atoms with Crippen molar-refractivity contribution >= 4 is 0 Å². The van der Waals surface area contributed by atoms with Crippen molar-refractivity contribution in [3.8, 4) is 0 Å². The second-order valence-corrected chi connectivity index (χ2v) is 3.74. The van der Waals surface area contributed by atoms with Gasteiger partial charge in [-0.1, -0.05) is 26.2 Å². The molecule has 1 N–H and O–H groups in total. The number of hydrogen-bond donors (Lipinski definition) is 1. The average molecular weight is 193 g/mol. The molecular weight excluding hydrogens is 174 g/mol. The summed E-state index contributed by atoms with van der Waals surface area (Å²) in [4.78, 5) is 4.11. The van der Waals surface area contributed by atoms with E-state index in [-0.39, 0.29) is 6.10 Å². The molecule has 1 rings (SSSR count). The molecule has 0 amide bonds. The van der Waals surface area contributed by atoms with Crippen molar-refractivity contribution in [3.05, 3.63) is 29.6 Å². The van der Waals surface area contributed by atoms with Crippen molar-refractivity contribution in [1.82, 2.24) is 4.98 Å². The zero-order valence-corrected chi connectivity index (χ0v) is 9.03. The molecule has 1 unspecified atom stereocenters. The van der Waals surface area contributed by atoms with Crippen LogP contribution in [0.25, 0.3) is 0 Å². The van der Waals surface area contributed by atoms with Crippen LogP contribution in [0.4, 0.5) is 0 Å². The summed E-state index contributed by atoms with van der Waals surface area (Å²) in [6.07, 6.45) is 5.79. The highest BCUT2D eigenvalue weighted by Gasteiger charge is 2.06. The lowest BCUT2D eigenvalue weighted by Crippen LogP contribution is -1.98. The lowest BCUT2D eigenvalue weighted by Gasteiger charge is -2.10. The fraction of sp³-hybridized carbons (Fsp3) is 0.583. The molecule has 1 heterocycles. The summed E-state index contributed by atoms with van der Waals surface area (Å²) < 4.78 is 0. The number of aromatic nitrogens is 1. The lowest BCUT2D eigenvalue weighted by atomic mass is 10.0. The van der Waals surface area contributed by atoms with Crippen LogP contribution in [-0.4, -0.2) is 10.1 Å². The molecule has 0 bridgehead atoms. The minimum atomic E-state index is -0.316. The number of hydrogen-bond acceptors (Lipinski definition) is 2. The predicted molar refractivity (Wildman–Crippen MR) is 58.1 cm³/mol. The third-order valence-electron chi connectivity index (χ3n) is 2.39. The summed E-state index contributed by atoms with van der Waals surface area (Å²) in [6, 6.07) is 3.85. The van der Waals surface area contributed by atoms with Crippen LogP contribution in [-0.2, 0) is 0 Å². The van der Waals surface area contributed by atoms with E-state index in [1.165, 1.54) is 12.8 Å². The average Bonchev–Trinajstić information content (AvgIpc) is 2.18. The van der Waals surface area contributed by atoms with E-state index < -0.39 is 0 Å². The van der Waals surface area contributed by atoms with E-state index in [0.717, 1.165) is 24.1 Å². The Bertz CT molecular complexity index is 273. The number of aliphatic hydroxyl groups excluding tert-OH is 1. The summed E-state index contributed by atoms with van der Waals surface area (Å²) in [5.74, 6) is 0. The summed E-state index contributed by atoms with van der Waals surface area (Å²) in [6.45, 7) is 4.12. The topological polar surface area (TPSA) is 33.1 Å². The summed E-state index contributed by atoms with van der Waals surface area (Å²) in [5, 5.41) is 9.84. The van der Waals surface area contributed by atoms with Crippen LogP contribution in [0, 0.1) is 6.92 Å². The van der Waals surface area contributed by atoms with E-state index in [1.54, 1.807) is 6.20 Å². The van der Waals surface area contributed by atoms with E-state index >= 15 is 0 Å². The Labute approximate surface area is 86.0 Å². The quantitative estimate of drug-likeness (QED) is 0.729. The zero-order valence-electron chi connectivity index (χ0n) is 9.03. The van der Waals surface area contributed by atoms with Gasteiger partial charge in [0.2, 0.25) is 0 Å². The summed E-state index contributed by atoms with van der Waals surface area (Å²) in [5.41, 5.74) is 1.96. The molecule has 0 aromatic carbocycles. The number of rotatable bonds is 5. The smallest absolute Gasteiger partial charge is 0.0791 e. The van der Waals surface area contributed by atoms with Crippen molar-refractivity contribution < 1.29 is 5.11 Å². The maximum Gasteiger partial charge on any atom is 0.0791 e. The van der Waals surface area contributed by atoms with Crippen LogP contribution in [0.2, 0.25) is 0 Å². The number of aliphatic hydroxyl groups is 1. The number of aryl methyl sites for hydroxylation is 1. The fourth-order valence-corrected chi connectivity index (χ4v) is 1.53. The standard InChI is InChI=1S/C12H19NO/c1-3-4-5-6-12(14)11-7-8-13-10(2)9-11/h7-9,12,14H,3-6H2,1-2H3. The van der Waals surface area contributed by atoms with Gasteiger partial charge >= 0.3 is 0 Å². The van der Waals surface area contributed by atoms with Gasteiger partial charge < -0.3 is 5.11 Å². The molecule has 0 aliphatic heterocycles. The number of unbranched alkanes of at least 4 members (excludes halogenated alkanes) is 2. The first kappa shape index (κ1) is 11.2. The van der Waals surface area contributed by atoms with Crippen LogP contribution < -0.4 is 0 Å². The molecule has 1 aromatic rings. The third kappa shape index (κ3) is 3.46. The molecule has 2 heteroatoms. The van der Waals surface area contributed by atoms with E-state index in [4.69, 9.17) is 0 Å². The largest absolute Gasteiger partial charge is 0.388 e. The van der Waals surface area contributed by atoms with Gasteiger partial charge in [-0.2, -0.15) is 0 Å². The van der Waals surface area contributed by atoms with Gasteiger partial charge in [0, 0.05) is 11.9 Å². The lowest BCUT2D eigenvalue weighted by molar-refractivity contribution is 0.163. The minimum Gasteiger partial charge on any atom is -0.388 e. The molecule has 1 atom stereocenters. The maximum atomic E-state index is 9.84. The van der Waals surface area contributed by atoms with Gasteiger partial charge in [-0.3, -0.25) is 4.98 Å². The van der Waals surface area contributed by atoms with Gasteiger partial charge in [0.25, 0.3) is 0 Å². The maximum absolute atomic E-state index is 9.84. The van der Waals surface area contributed by atoms with Gasteiger partial charge in [-0.15, -0.1) is 0 Å². The van der Waals surface area contributed by atoms with Crippen LogP contribution in [0.5, 0.6) is 0 Å². The summed E-state index contributed by atoms with van der Waals surface area (Å²) >= 11 is 0.